The molecular formula is C24H19N3O. The van der Waals surface area contributed by atoms with Crippen molar-refractivity contribution >= 4 is 22.4 Å². The monoisotopic (exact) mass is 365 g/mol. The molecule has 1 amide bonds. The molecule has 4 aromatic rings. The van der Waals surface area contributed by atoms with Gasteiger partial charge in [-0.3, -0.25) is 4.79 Å². The van der Waals surface area contributed by atoms with E-state index in [2.05, 4.69) is 58.0 Å². The summed E-state index contributed by atoms with van der Waals surface area (Å²) in [6.07, 6.45) is 2.21. The lowest BCUT2D eigenvalue weighted by molar-refractivity contribution is -0.115. The zero-order valence-electron chi connectivity index (χ0n) is 15.4. The van der Waals surface area contributed by atoms with Crippen LogP contribution in [0.5, 0.6) is 0 Å². The third kappa shape index (κ3) is 3.14. The van der Waals surface area contributed by atoms with Gasteiger partial charge in [-0.2, -0.15) is 10.2 Å². The number of nitrogens with one attached hydrogen (secondary N) is 1. The molecule has 0 radical (unpaired) electrons. The van der Waals surface area contributed by atoms with Gasteiger partial charge < -0.3 is 5.32 Å². The molecule has 0 aliphatic carbocycles. The van der Waals surface area contributed by atoms with Crippen LogP contribution in [-0.2, 0) is 24.1 Å². The fraction of sp³-hybridized carbons (Fsp3) is 0.125. The molecule has 1 aromatic heterocycles. The van der Waals surface area contributed by atoms with Crippen LogP contribution < -0.4 is 5.32 Å². The van der Waals surface area contributed by atoms with E-state index in [4.69, 9.17) is 0 Å². The number of carbonyl (C=O) groups is 1. The molecule has 1 aliphatic heterocycles. The summed E-state index contributed by atoms with van der Waals surface area (Å²) in [4.78, 5) is 11.5. The lowest BCUT2D eigenvalue weighted by Gasteiger charge is -2.07. The zero-order valence-corrected chi connectivity index (χ0v) is 15.4. The van der Waals surface area contributed by atoms with Crippen molar-refractivity contribution in [2.75, 3.05) is 5.32 Å². The summed E-state index contributed by atoms with van der Waals surface area (Å²) in [5.74, 6) is 0.0435. The summed E-state index contributed by atoms with van der Waals surface area (Å²) in [6, 6.07) is 24.9. The molecule has 0 unspecified atom stereocenters. The minimum atomic E-state index is 0.0435. The molecule has 4 heteroatoms. The van der Waals surface area contributed by atoms with Crippen molar-refractivity contribution in [1.29, 1.82) is 0 Å². The van der Waals surface area contributed by atoms with E-state index in [-0.39, 0.29) is 5.91 Å². The van der Waals surface area contributed by atoms with Crippen molar-refractivity contribution < 1.29 is 4.79 Å². The van der Waals surface area contributed by atoms with Crippen LogP contribution in [0.2, 0.25) is 0 Å². The van der Waals surface area contributed by atoms with E-state index in [0.717, 1.165) is 41.0 Å². The first-order valence-electron chi connectivity index (χ1n) is 9.49. The number of benzene rings is 3. The highest BCUT2D eigenvalue weighted by Crippen LogP contribution is 2.28. The van der Waals surface area contributed by atoms with Crippen LogP contribution in [0.4, 0.5) is 5.69 Å². The van der Waals surface area contributed by atoms with E-state index >= 15 is 0 Å². The largest absolute Gasteiger partial charge is 0.326 e. The van der Waals surface area contributed by atoms with Gasteiger partial charge in [0.15, 0.2) is 0 Å². The number of fused-ring (bicyclic) bond motifs is 2. The number of amides is 1. The van der Waals surface area contributed by atoms with Crippen molar-refractivity contribution in [2.45, 2.75) is 19.3 Å². The maximum absolute atomic E-state index is 11.5. The summed E-state index contributed by atoms with van der Waals surface area (Å²) in [5, 5.41) is 14.3. The summed E-state index contributed by atoms with van der Waals surface area (Å²) in [5.41, 5.74) is 6.05. The molecule has 0 atom stereocenters. The van der Waals surface area contributed by atoms with Gasteiger partial charge in [-0.05, 0) is 59.0 Å². The molecule has 4 nitrogen and oxygen atoms in total. The molecule has 1 aliphatic rings. The van der Waals surface area contributed by atoms with Gasteiger partial charge in [0.1, 0.15) is 0 Å². The van der Waals surface area contributed by atoms with Crippen LogP contribution in [0.15, 0.2) is 72.8 Å². The second-order valence-electron chi connectivity index (χ2n) is 7.15. The van der Waals surface area contributed by atoms with Gasteiger partial charge in [-0.1, -0.05) is 48.5 Å². The number of hydrogen-bond acceptors (Lipinski definition) is 3. The number of aryl methyl sites for hydroxylation is 2. The first-order valence-corrected chi connectivity index (χ1v) is 9.49. The molecule has 5 rings (SSSR count). The van der Waals surface area contributed by atoms with Gasteiger partial charge in [0.25, 0.3) is 0 Å². The molecule has 136 valence electrons. The normalized spacial score (nSPS) is 12.8. The maximum atomic E-state index is 11.5. The number of anilines is 1. The number of hydrogen-bond donors (Lipinski definition) is 1. The lowest BCUT2D eigenvalue weighted by atomic mass is 10.00. The SMILES string of the molecule is O=C1Cc2cc(-c3ccc(CCc4cccc5ccccc45)nn3)ccc2N1. The molecule has 28 heavy (non-hydrogen) atoms. The van der Waals surface area contributed by atoms with Gasteiger partial charge in [0.05, 0.1) is 17.8 Å². The van der Waals surface area contributed by atoms with Crippen LogP contribution in [-0.4, -0.2) is 16.1 Å². The Kier molecular flexibility index (Phi) is 4.09. The molecule has 3 aromatic carbocycles. The summed E-state index contributed by atoms with van der Waals surface area (Å²) in [7, 11) is 0. The van der Waals surface area contributed by atoms with Crippen LogP contribution in [0.1, 0.15) is 16.8 Å². The molecule has 0 spiro atoms. The molecular weight excluding hydrogens is 346 g/mol. The van der Waals surface area contributed by atoms with Crippen LogP contribution in [0.3, 0.4) is 0 Å². The van der Waals surface area contributed by atoms with Gasteiger partial charge in [0, 0.05) is 11.3 Å². The van der Waals surface area contributed by atoms with E-state index in [1.807, 2.05) is 30.3 Å². The van der Waals surface area contributed by atoms with Gasteiger partial charge in [-0.25, -0.2) is 0 Å². The molecule has 1 N–H and O–H groups in total. The third-order valence-corrected chi connectivity index (χ3v) is 5.28. The predicted molar refractivity (Wildman–Crippen MR) is 111 cm³/mol. The van der Waals surface area contributed by atoms with Crippen molar-refractivity contribution in [3.63, 3.8) is 0 Å². The Balaban J connectivity index is 1.33. The van der Waals surface area contributed by atoms with Crippen molar-refractivity contribution in [3.05, 3.63) is 89.6 Å². The summed E-state index contributed by atoms with van der Waals surface area (Å²) < 4.78 is 0. The Labute approximate surface area is 163 Å². The highest BCUT2D eigenvalue weighted by atomic mass is 16.1. The summed E-state index contributed by atoms with van der Waals surface area (Å²) in [6.45, 7) is 0. The predicted octanol–water partition coefficient (Wildman–Crippen LogP) is 4.58. The number of carbonyl (C=O) groups excluding carboxylic acids is 1. The Morgan fingerprint density at radius 3 is 2.64 bits per heavy atom. The number of rotatable bonds is 4. The minimum Gasteiger partial charge on any atom is -0.326 e. The average Bonchev–Trinajstić information content (AvgIpc) is 3.12. The number of aromatic nitrogens is 2. The molecule has 0 bridgehead atoms. The van der Waals surface area contributed by atoms with Gasteiger partial charge in [-0.15, -0.1) is 0 Å². The standard InChI is InChI=1S/C24H19N3O/c28-24-15-19-14-18(9-12-22(19)25-24)23-13-11-20(26-27-23)10-8-17-6-3-5-16-4-1-2-7-21(16)17/h1-7,9,11-14H,8,10,15H2,(H,25,28). The van der Waals surface area contributed by atoms with E-state index in [9.17, 15) is 4.79 Å². The maximum Gasteiger partial charge on any atom is 0.228 e. The first kappa shape index (κ1) is 16.6. The van der Waals surface area contributed by atoms with E-state index < -0.39 is 0 Å². The number of nitrogens with zero attached hydrogens (tertiary/aromatic N) is 2. The Morgan fingerprint density at radius 1 is 0.857 bits per heavy atom. The van der Waals surface area contributed by atoms with E-state index in [1.165, 1.54) is 16.3 Å². The Hall–Kier alpha value is -3.53. The first-order chi connectivity index (χ1) is 13.8. The van der Waals surface area contributed by atoms with Crippen molar-refractivity contribution in [2.24, 2.45) is 0 Å². The molecule has 2 heterocycles. The Morgan fingerprint density at radius 2 is 1.75 bits per heavy atom. The highest BCUT2D eigenvalue weighted by molar-refractivity contribution is 5.99. The average molecular weight is 365 g/mol. The second kappa shape index (κ2) is 6.89. The van der Waals surface area contributed by atoms with E-state index in [0.29, 0.717) is 6.42 Å². The molecule has 0 fully saturated rings. The summed E-state index contributed by atoms with van der Waals surface area (Å²) >= 11 is 0. The van der Waals surface area contributed by atoms with Crippen LogP contribution in [0, 0.1) is 0 Å². The quantitative estimate of drug-likeness (QED) is 0.576. The molecule has 0 saturated carbocycles. The smallest absolute Gasteiger partial charge is 0.228 e. The van der Waals surface area contributed by atoms with Crippen molar-refractivity contribution in [1.82, 2.24) is 10.2 Å². The molecule has 0 saturated heterocycles. The highest BCUT2D eigenvalue weighted by Gasteiger charge is 2.18. The lowest BCUT2D eigenvalue weighted by Crippen LogP contribution is -2.03. The van der Waals surface area contributed by atoms with E-state index in [1.54, 1.807) is 0 Å². The van der Waals surface area contributed by atoms with Crippen LogP contribution >= 0.6 is 0 Å². The zero-order chi connectivity index (χ0) is 18.9. The second-order valence-corrected chi connectivity index (χ2v) is 7.15. The minimum absolute atomic E-state index is 0.0435. The van der Waals surface area contributed by atoms with Crippen LogP contribution in [0.25, 0.3) is 22.0 Å². The topological polar surface area (TPSA) is 54.9 Å². The van der Waals surface area contributed by atoms with Gasteiger partial charge >= 0.3 is 0 Å². The van der Waals surface area contributed by atoms with Crippen molar-refractivity contribution in [3.8, 4) is 11.3 Å². The fourth-order valence-corrected chi connectivity index (χ4v) is 3.81. The Bertz CT molecular complexity index is 1180. The third-order valence-electron chi connectivity index (χ3n) is 5.28. The van der Waals surface area contributed by atoms with Gasteiger partial charge in [0.2, 0.25) is 5.91 Å². The fourth-order valence-electron chi connectivity index (χ4n) is 3.81.